The van der Waals surface area contributed by atoms with Crippen LogP contribution in [0.5, 0.6) is 0 Å². The molecule has 0 aromatic heterocycles. The van der Waals surface area contributed by atoms with Crippen LogP contribution in [0.1, 0.15) is 10.4 Å². The Hall–Kier alpha value is -1.31. The Morgan fingerprint density at radius 2 is 2.35 bits per heavy atom. The number of para-hydroxylation sites is 1. The van der Waals surface area contributed by atoms with Crippen LogP contribution in [0.2, 0.25) is 5.02 Å². The van der Waals surface area contributed by atoms with Crippen molar-refractivity contribution in [1.82, 2.24) is 5.32 Å². The maximum Gasteiger partial charge on any atom is 0.253 e. The number of benzene rings is 1. The SMILES string of the molecule is C#CCSCCNC(=O)c1cccc(Cl)c1N. The van der Waals surface area contributed by atoms with Crippen LogP contribution in [-0.2, 0) is 0 Å². The summed E-state index contributed by atoms with van der Waals surface area (Å²) in [4.78, 5) is 11.8. The summed E-state index contributed by atoms with van der Waals surface area (Å²) < 4.78 is 0. The van der Waals surface area contributed by atoms with Crippen molar-refractivity contribution in [3.63, 3.8) is 0 Å². The van der Waals surface area contributed by atoms with Crippen LogP contribution in [0, 0.1) is 12.3 Å². The van der Waals surface area contributed by atoms with E-state index < -0.39 is 0 Å². The van der Waals surface area contributed by atoms with Gasteiger partial charge in [-0.2, -0.15) is 0 Å². The molecule has 0 aliphatic heterocycles. The average molecular weight is 269 g/mol. The molecule has 0 radical (unpaired) electrons. The molecule has 0 saturated heterocycles. The Morgan fingerprint density at radius 3 is 3.06 bits per heavy atom. The number of amides is 1. The molecule has 1 aromatic rings. The Kier molecular flexibility index (Phi) is 5.75. The van der Waals surface area contributed by atoms with Crippen molar-refractivity contribution in [3.05, 3.63) is 28.8 Å². The van der Waals surface area contributed by atoms with Crippen molar-refractivity contribution in [3.8, 4) is 12.3 Å². The van der Waals surface area contributed by atoms with E-state index in [9.17, 15) is 4.79 Å². The molecule has 0 aliphatic rings. The Balaban J connectivity index is 2.48. The molecule has 0 heterocycles. The number of nitrogen functional groups attached to an aromatic ring is 1. The number of thioether (sulfide) groups is 1. The lowest BCUT2D eigenvalue weighted by Crippen LogP contribution is -2.26. The largest absolute Gasteiger partial charge is 0.397 e. The third-order valence-corrected chi connectivity index (χ3v) is 3.21. The van der Waals surface area contributed by atoms with Gasteiger partial charge in [-0.1, -0.05) is 23.6 Å². The number of nitrogens with two attached hydrogens (primary N) is 1. The summed E-state index contributed by atoms with van der Waals surface area (Å²) in [6, 6.07) is 4.99. The summed E-state index contributed by atoms with van der Waals surface area (Å²) in [6.45, 7) is 0.553. The minimum Gasteiger partial charge on any atom is -0.397 e. The highest BCUT2D eigenvalue weighted by atomic mass is 35.5. The number of nitrogens with one attached hydrogen (secondary N) is 1. The molecule has 1 aromatic carbocycles. The normalized spacial score (nSPS) is 9.65. The van der Waals surface area contributed by atoms with E-state index in [1.807, 2.05) is 0 Å². The molecular weight excluding hydrogens is 256 g/mol. The smallest absolute Gasteiger partial charge is 0.253 e. The maximum atomic E-state index is 11.8. The highest BCUT2D eigenvalue weighted by Gasteiger charge is 2.10. The molecule has 17 heavy (non-hydrogen) atoms. The molecule has 0 saturated carbocycles. The van der Waals surface area contributed by atoms with Gasteiger partial charge in [-0.05, 0) is 12.1 Å². The van der Waals surface area contributed by atoms with E-state index in [4.69, 9.17) is 23.8 Å². The van der Waals surface area contributed by atoms with Crippen molar-refractivity contribution in [1.29, 1.82) is 0 Å². The summed E-state index contributed by atoms with van der Waals surface area (Å²) >= 11 is 7.42. The van der Waals surface area contributed by atoms with E-state index in [-0.39, 0.29) is 5.91 Å². The number of rotatable bonds is 5. The molecule has 90 valence electrons. The first-order valence-corrected chi connectivity index (χ1v) is 6.53. The second kappa shape index (κ2) is 7.10. The van der Waals surface area contributed by atoms with Crippen molar-refractivity contribution >= 4 is 35.0 Å². The van der Waals surface area contributed by atoms with Crippen LogP contribution in [0.25, 0.3) is 0 Å². The van der Waals surface area contributed by atoms with Crippen LogP contribution in [0.4, 0.5) is 5.69 Å². The van der Waals surface area contributed by atoms with E-state index in [0.717, 1.165) is 5.75 Å². The third kappa shape index (κ3) is 4.22. The van der Waals surface area contributed by atoms with Gasteiger partial charge < -0.3 is 11.1 Å². The maximum absolute atomic E-state index is 11.8. The average Bonchev–Trinajstić information content (AvgIpc) is 2.32. The Morgan fingerprint density at radius 1 is 1.59 bits per heavy atom. The van der Waals surface area contributed by atoms with Gasteiger partial charge in [-0.25, -0.2) is 0 Å². The van der Waals surface area contributed by atoms with Gasteiger partial charge in [-0.3, -0.25) is 4.79 Å². The van der Waals surface area contributed by atoms with Crippen molar-refractivity contribution in [2.75, 3.05) is 23.8 Å². The topological polar surface area (TPSA) is 55.1 Å². The van der Waals surface area contributed by atoms with Crippen LogP contribution in [0.15, 0.2) is 18.2 Å². The van der Waals surface area contributed by atoms with Crippen LogP contribution in [0.3, 0.4) is 0 Å². The van der Waals surface area contributed by atoms with Crippen molar-refractivity contribution in [2.24, 2.45) is 0 Å². The molecule has 3 nitrogen and oxygen atoms in total. The van der Waals surface area contributed by atoms with Gasteiger partial charge in [-0.15, -0.1) is 18.2 Å². The molecule has 0 fully saturated rings. The van der Waals surface area contributed by atoms with E-state index in [2.05, 4.69) is 11.2 Å². The highest BCUT2D eigenvalue weighted by molar-refractivity contribution is 7.99. The van der Waals surface area contributed by atoms with Crippen LogP contribution >= 0.6 is 23.4 Å². The van der Waals surface area contributed by atoms with Crippen LogP contribution < -0.4 is 11.1 Å². The summed E-state index contributed by atoms with van der Waals surface area (Å²) in [5.41, 5.74) is 6.42. The van der Waals surface area contributed by atoms with Crippen molar-refractivity contribution in [2.45, 2.75) is 0 Å². The van der Waals surface area contributed by atoms with E-state index in [0.29, 0.717) is 28.6 Å². The van der Waals surface area contributed by atoms with E-state index in [1.54, 1.807) is 30.0 Å². The number of halogens is 1. The molecular formula is C12H13ClN2OS. The lowest BCUT2D eigenvalue weighted by Gasteiger charge is -2.07. The quantitative estimate of drug-likeness (QED) is 0.488. The van der Waals surface area contributed by atoms with Gasteiger partial charge in [0.25, 0.3) is 5.91 Å². The number of hydrogen-bond donors (Lipinski definition) is 2. The molecule has 0 atom stereocenters. The molecule has 0 bridgehead atoms. The highest BCUT2D eigenvalue weighted by Crippen LogP contribution is 2.22. The second-order valence-corrected chi connectivity index (χ2v) is 4.73. The summed E-state index contributed by atoms with van der Waals surface area (Å²) in [5, 5.41) is 3.15. The first-order chi connectivity index (χ1) is 8.16. The van der Waals surface area contributed by atoms with E-state index in [1.165, 1.54) is 0 Å². The Bertz CT molecular complexity index is 443. The Labute approximate surface area is 110 Å². The number of carbonyl (C=O) groups is 1. The molecule has 1 amide bonds. The van der Waals surface area contributed by atoms with Gasteiger partial charge in [0, 0.05) is 12.3 Å². The lowest BCUT2D eigenvalue weighted by molar-refractivity contribution is 0.0957. The molecule has 0 unspecified atom stereocenters. The molecule has 0 spiro atoms. The first-order valence-electron chi connectivity index (χ1n) is 5.00. The third-order valence-electron chi connectivity index (χ3n) is 2.01. The fourth-order valence-corrected chi connectivity index (χ4v) is 1.88. The van der Waals surface area contributed by atoms with Crippen LogP contribution in [-0.4, -0.2) is 24.0 Å². The predicted octanol–water partition coefficient (Wildman–Crippen LogP) is 2.02. The zero-order valence-electron chi connectivity index (χ0n) is 9.20. The van der Waals surface area contributed by atoms with Crippen molar-refractivity contribution < 1.29 is 4.79 Å². The number of hydrogen-bond acceptors (Lipinski definition) is 3. The predicted molar refractivity (Wildman–Crippen MR) is 74.4 cm³/mol. The number of anilines is 1. The standard InChI is InChI=1S/C12H13ClN2OS/c1-2-7-17-8-6-15-12(16)9-4-3-5-10(13)11(9)14/h1,3-5H,6-8,14H2,(H,15,16). The van der Waals surface area contributed by atoms with Gasteiger partial charge in [0.05, 0.1) is 22.0 Å². The summed E-state index contributed by atoms with van der Waals surface area (Å²) in [5.74, 6) is 3.72. The van der Waals surface area contributed by atoms with E-state index >= 15 is 0 Å². The minimum absolute atomic E-state index is 0.216. The molecule has 5 heteroatoms. The zero-order chi connectivity index (χ0) is 12.7. The zero-order valence-corrected chi connectivity index (χ0v) is 10.8. The second-order valence-electron chi connectivity index (χ2n) is 3.21. The number of terminal acetylenes is 1. The van der Waals surface area contributed by atoms with Gasteiger partial charge >= 0.3 is 0 Å². The first kappa shape index (κ1) is 13.8. The molecule has 1 rings (SSSR count). The van der Waals surface area contributed by atoms with Gasteiger partial charge in [0.2, 0.25) is 0 Å². The molecule has 0 aliphatic carbocycles. The fourth-order valence-electron chi connectivity index (χ4n) is 1.20. The summed E-state index contributed by atoms with van der Waals surface area (Å²) in [6.07, 6.45) is 5.11. The van der Waals surface area contributed by atoms with Gasteiger partial charge in [0.15, 0.2) is 0 Å². The van der Waals surface area contributed by atoms with Gasteiger partial charge in [0.1, 0.15) is 0 Å². The molecule has 3 N–H and O–H groups in total. The minimum atomic E-state index is -0.216. The fraction of sp³-hybridized carbons (Fsp3) is 0.250. The lowest BCUT2D eigenvalue weighted by atomic mass is 10.1. The summed E-state index contributed by atoms with van der Waals surface area (Å²) in [7, 11) is 0. The number of carbonyl (C=O) groups excluding carboxylic acids is 1. The monoisotopic (exact) mass is 268 g/mol.